The number of carbonyl (C=O) groups excluding carboxylic acids is 1. The molecule has 0 unspecified atom stereocenters. The largest absolute Gasteiger partial charge is 0.490 e. The lowest BCUT2D eigenvalue weighted by atomic mass is 10.0. The van der Waals surface area contributed by atoms with Gasteiger partial charge in [0.2, 0.25) is 0 Å². The first kappa shape index (κ1) is 15.5. The van der Waals surface area contributed by atoms with Crippen LogP contribution in [0.2, 0.25) is 0 Å². The molecule has 0 amide bonds. The number of benzene rings is 1. The SMILES string of the molecule is CCOc1ccc(C(=O)CCC(C)C)cc1OCC. The first-order valence-corrected chi connectivity index (χ1v) is 7.01. The minimum absolute atomic E-state index is 0.165. The minimum Gasteiger partial charge on any atom is -0.490 e. The van der Waals surface area contributed by atoms with E-state index in [1.807, 2.05) is 26.0 Å². The Morgan fingerprint density at radius 1 is 1.11 bits per heavy atom. The van der Waals surface area contributed by atoms with Crippen molar-refractivity contribution in [2.75, 3.05) is 13.2 Å². The second-order valence-corrected chi connectivity index (χ2v) is 4.88. The molecule has 0 aliphatic heterocycles. The monoisotopic (exact) mass is 264 g/mol. The Kier molecular flexibility index (Phi) is 6.40. The van der Waals surface area contributed by atoms with E-state index < -0.39 is 0 Å². The molecule has 0 atom stereocenters. The van der Waals surface area contributed by atoms with Gasteiger partial charge in [0.25, 0.3) is 0 Å². The van der Waals surface area contributed by atoms with Crippen molar-refractivity contribution in [2.24, 2.45) is 5.92 Å². The quantitative estimate of drug-likeness (QED) is 0.663. The Morgan fingerprint density at radius 2 is 1.74 bits per heavy atom. The summed E-state index contributed by atoms with van der Waals surface area (Å²) in [6, 6.07) is 5.42. The maximum atomic E-state index is 12.1. The Bertz CT molecular complexity index is 410. The lowest BCUT2D eigenvalue weighted by molar-refractivity contribution is 0.0975. The third-order valence-corrected chi connectivity index (χ3v) is 2.81. The number of ketones is 1. The molecule has 0 spiro atoms. The molecule has 0 aliphatic rings. The van der Waals surface area contributed by atoms with Crippen molar-refractivity contribution in [3.63, 3.8) is 0 Å². The number of ether oxygens (including phenoxy) is 2. The fourth-order valence-electron chi connectivity index (χ4n) is 1.79. The van der Waals surface area contributed by atoms with E-state index in [-0.39, 0.29) is 5.78 Å². The molecule has 3 nitrogen and oxygen atoms in total. The van der Waals surface area contributed by atoms with Crippen molar-refractivity contribution < 1.29 is 14.3 Å². The minimum atomic E-state index is 0.165. The zero-order chi connectivity index (χ0) is 14.3. The fourth-order valence-corrected chi connectivity index (χ4v) is 1.79. The molecular weight excluding hydrogens is 240 g/mol. The highest BCUT2D eigenvalue weighted by molar-refractivity contribution is 5.96. The van der Waals surface area contributed by atoms with Crippen LogP contribution in [0.25, 0.3) is 0 Å². The normalized spacial score (nSPS) is 10.6. The zero-order valence-electron chi connectivity index (χ0n) is 12.4. The van der Waals surface area contributed by atoms with Crippen molar-refractivity contribution >= 4 is 5.78 Å². The van der Waals surface area contributed by atoms with Gasteiger partial charge in [0.05, 0.1) is 13.2 Å². The standard InChI is InChI=1S/C16H24O3/c1-5-18-15-10-8-13(11-16(15)19-6-2)14(17)9-7-12(3)4/h8,10-12H,5-7,9H2,1-4H3. The molecule has 0 fully saturated rings. The molecule has 19 heavy (non-hydrogen) atoms. The van der Waals surface area contributed by atoms with Crippen molar-refractivity contribution in [3.05, 3.63) is 23.8 Å². The van der Waals surface area contributed by atoms with Crippen LogP contribution in [0, 0.1) is 5.92 Å². The second-order valence-electron chi connectivity index (χ2n) is 4.88. The summed E-state index contributed by atoms with van der Waals surface area (Å²) in [6.07, 6.45) is 1.49. The van der Waals surface area contributed by atoms with Crippen LogP contribution in [0.1, 0.15) is 50.9 Å². The van der Waals surface area contributed by atoms with Crippen molar-refractivity contribution in [2.45, 2.75) is 40.5 Å². The fraction of sp³-hybridized carbons (Fsp3) is 0.562. The zero-order valence-corrected chi connectivity index (χ0v) is 12.4. The Morgan fingerprint density at radius 3 is 2.32 bits per heavy atom. The van der Waals surface area contributed by atoms with Crippen LogP contribution in [-0.4, -0.2) is 19.0 Å². The summed E-state index contributed by atoms with van der Waals surface area (Å²) in [4.78, 5) is 12.1. The maximum Gasteiger partial charge on any atom is 0.163 e. The van der Waals surface area contributed by atoms with Gasteiger partial charge < -0.3 is 9.47 Å². The van der Waals surface area contributed by atoms with Gasteiger partial charge in [-0.05, 0) is 44.4 Å². The summed E-state index contributed by atoms with van der Waals surface area (Å²) >= 11 is 0. The summed E-state index contributed by atoms with van der Waals surface area (Å²) < 4.78 is 11.0. The van der Waals surface area contributed by atoms with E-state index in [0.717, 1.165) is 6.42 Å². The predicted octanol–water partition coefficient (Wildman–Crippen LogP) is 4.10. The van der Waals surface area contributed by atoms with Crippen LogP contribution < -0.4 is 9.47 Å². The summed E-state index contributed by atoms with van der Waals surface area (Å²) in [7, 11) is 0. The smallest absolute Gasteiger partial charge is 0.163 e. The van der Waals surface area contributed by atoms with Gasteiger partial charge in [-0.25, -0.2) is 0 Å². The average molecular weight is 264 g/mol. The van der Waals surface area contributed by atoms with E-state index in [1.165, 1.54) is 0 Å². The Balaban J connectivity index is 2.84. The third kappa shape index (κ3) is 4.93. The van der Waals surface area contributed by atoms with E-state index in [4.69, 9.17) is 9.47 Å². The van der Waals surface area contributed by atoms with Gasteiger partial charge in [0, 0.05) is 12.0 Å². The number of Topliss-reactive ketones (excluding diaryl/α,β-unsaturated/α-hetero) is 1. The first-order valence-electron chi connectivity index (χ1n) is 7.01. The van der Waals surface area contributed by atoms with Crippen molar-refractivity contribution in [3.8, 4) is 11.5 Å². The molecule has 0 heterocycles. The van der Waals surface area contributed by atoms with Crippen LogP contribution in [0.3, 0.4) is 0 Å². The molecule has 0 saturated carbocycles. The maximum absolute atomic E-state index is 12.1. The highest BCUT2D eigenvalue weighted by Gasteiger charge is 2.11. The van der Waals surface area contributed by atoms with Crippen LogP contribution in [-0.2, 0) is 0 Å². The topological polar surface area (TPSA) is 35.5 Å². The molecular formula is C16H24O3. The van der Waals surface area contributed by atoms with Crippen LogP contribution in [0.15, 0.2) is 18.2 Å². The van der Waals surface area contributed by atoms with Gasteiger partial charge in [-0.15, -0.1) is 0 Å². The molecule has 0 saturated heterocycles. The molecule has 1 rings (SSSR count). The molecule has 0 aromatic heterocycles. The van der Waals surface area contributed by atoms with Crippen molar-refractivity contribution in [1.82, 2.24) is 0 Å². The molecule has 0 bridgehead atoms. The van der Waals surface area contributed by atoms with E-state index in [9.17, 15) is 4.79 Å². The van der Waals surface area contributed by atoms with Crippen LogP contribution >= 0.6 is 0 Å². The Hall–Kier alpha value is -1.51. The summed E-state index contributed by atoms with van der Waals surface area (Å²) in [5.74, 6) is 2.06. The van der Waals surface area contributed by atoms with Crippen LogP contribution in [0.4, 0.5) is 0 Å². The highest BCUT2D eigenvalue weighted by atomic mass is 16.5. The molecule has 1 aromatic rings. The van der Waals surface area contributed by atoms with Gasteiger partial charge in [-0.1, -0.05) is 13.8 Å². The van der Waals surface area contributed by atoms with Crippen LogP contribution in [0.5, 0.6) is 11.5 Å². The molecule has 106 valence electrons. The van der Waals surface area contributed by atoms with Gasteiger partial charge >= 0.3 is 0 Å². The molecule has 0 N–H and O–H groups in total. The number of rotatable bonds is 8. The highest BCUT2D eigenvalue weighted by Crippen LogP contribution is 2.29. The Labute approximate surface area is 115 Å². The van der Waals surface area contributed by atoms with E-state index in [0.29, 0.717) is 42.6 Å². The van der Waals surface area contributed by atoms with Gasteiger partial charge in [-0.2, -0.15) is 0 Å². The van der Waals surface area contributed by atoms with E-state index in [1.54, 1.807) is 6.07 Å². The number of hydrogen-bond acceptors (Lipinski definition) is 3. The number of hydrogen-bond donors (Lipinski definition) is 0. The van der Waals surface area contributed by atoms with E-state index >= 15 is 0 Å². The van der Waals surface area contributed by atoms with Crippen molar-refractivity contribution in [1.29, 1.82) is 0 Å². The molecule has 3 heteroatoms. The second kappa shape index (κ2) is 7.82. The van der Waals surface area contributed by atoms with E-state index in [2.05, 4.69) is 13.8 Å². The predicted molar refractivity (Wildman–Crippen MR) is 77.2 cm³/mol. The average Bonchev–Trinajstić information content (AvgIpc) is 2.38. The summed E-state index contributed by atoms with van der Waals surface area (Å²) in [5, 5.41) is 0. The number of carbonyl (C=O) groups is 1. The lowest BCUT2D eigenvalue weighted by Gasteiger charge is -2.12. The summed E-state index contributed by atoms with van der Waals surface area (Å²) in [6.45, 7) is 9.24. The lowest BCUT2D eigenvalue weighted by Crippen LogP contribution is -2.04. The van der Waals surface area contributed by atoms with Gasteiger partial charge in [0.1, 0.15) is 0 Å². The molecule has 0 aliphatic carbocycles. The molecule has 0 radical (unpaired) electrons. The molecule has 1 aromatic carbocycles. The third-order valence-electron chi connectivity index (χ3n) is 2.81. The van der Waals surface area contributed by atoms with Gasteiger partial charge in [0.15, 0.2) is 17.3 Å². The summed E-state index contributed by atoms with van der Waals surface area (Å²) in [5.41, 5.74) is 0.701. The first-order chi connectivity index (χ1) is 9.08. The van der Waals surface area contributed by atoms with Gasteiger partial charge in [-0.3, -0.25) is 4.79 Å².